The van der Waals surface area contributed by atoms with Crippen LogP contribution in [0.5, 0.6) is 0 Å². The Morgan fingerprint density at radius 2 is 2.05 bits per heavy atom. The number of pyridine rings is 1. The van der Waals surface area contributed by atoms with E-state index < -0.39 is 4.92 Å². The first-order valence-electron chi connectivity index (χ1n) is 6.13. The molecule has 0 fully saturated rings. The lowest BCUT2D eigenvalue weighted by molar-refractivity contribution is -0.384. The van der Waals surface area contributed by atoms with Gasteiger partial charge < -0.3 is 10.6 Å². The molecule has 0 radical (unpaired) electrons. The number of rotatable bonds is 6. The molecule has 0 spiro atoms. The molecule has 2 heterocycles. The Morgan fingerprint density at radius 1 is 1.35 bits per heavy atom. The minimum Gasteiger partial charge on any atom is -0.370 e. The fourth-order valence-electron chi connectivity index (χ4n) is 1.65. The van der Waals surface area contributed by atoms with Crippen LogP contribution < -0.4 is 10.6 Å². The van der Waals surface area contributed by atoms with Crippen LogP contribution in [-0.2, 0) is 6.54 Å². The van der Waals surface area contributed by atoms with Crippen molar-refractivity contribution in [3.63, 3.8) is 0 Å². The van der Waals surface area contributed by atoms with Gasteiger partial charge in [-0.1, -0.05) is 0 Å². The summed E-state index contributed by atoms with van der Waals surface area (Å²) in [6.45, 7) is 5.05. The van der Waals surface area contributed by atoms with E-state index in [1.807, 2.05) is 13.8 Å². The molecular weight excluding hydrogens is 278 g/mol. The third-order valence-corrected chi connectivity index (χ3v) is 3.59. The largest absolute Gasteiger partial charge is 0.370 e. The summed E-state index contributed by atoms with van der Waals surface area (Å²) in [6.07, 6.45) is 0. The molecule has 2 aromatic heterocycles. The fraction of sp³-hybridized carbons (Fsp3) is 0.333. The number of nitrogens with zero attached hydrogens (tertiary/aromatic N) is 3. The van der Waals surface area contributed by atoms with Crippen LogP contribution in [0.4, 0.5) is 17.3 Å². The normalized spacial score (nSPS) is 10.3. The van der Waals surface area contributed by atoms with Gasteiger partial charge in [0.1, 0.15) is 11.6 Å². The number of thiazole rings is 1. The molecule has 0 unspecified atom stereocenters. The summed E-state index contributed by atoms with van der Waals surface area (Å²) in [5.74, 6) is 0.966. The Hall–Kier alpha value is -2.22. The number of aromatic nitrogens is 2. The maximum Gasteiger partial charge on any atom is 0.276 e. The first-order chi connectivity index (χ1) is 9.60. The van der Waals surface area contributed by atoms with E-state index >= 15 is 0 Å². The molecule has 7 nitrogen and oxygen atoms in total. The zero-order valence-corrected chi connectivity index (χ0v) is 12.0. The van der Waals surface area contributed by atoms with Crippen molar-refractivity contribution in [2.75, 3.05) is 17.2 Å². The zero-order chi connectivity index (χ0) is 14.5. The second-order valence-corrected chi connectivity index (χ2v) is 5.04. The van der Waals surface area contributed by atoms with Gasteiger partial charge in [-0.2, -0.15) is 0 Å². The maximum atomic E-state index is 10.9. The van der Waals surface area contributed by atoms with Crippen LogP contribution >= 0.6 is 11.3 Å². The van der Waals surface area contributed by atoms with Gasteiger partial charge in [-0.25, -0.2) is 9.97 Å². The average Bonchev–Trinajstić information content (AvgIpc) is 2.82. The highest BCUT2D eigenvalue weighted by molar-refractivity contribution is 7.09. The lowest BCUT2D eigenvalue weighted by atomic mass is 10.3. The van der Waals surface area contributed by atoms with Gasteiger partial charge in [0, 0.05) is 11.4 Å². The summed E-state index contributed by atoms with van der Waals surface area (Å²) >= 11 is 1.54. The van der Waals surface area contributed by atoms with Crippen LogP contribution in [0.15, 0.2) is 17.6 Å². The summed E-state index contributed by atoms with van der Waals surface area (Å²) in [4.78, 5) is 20.0. The molecule has 20 heavy (non-hydrogen) atoms. The van der Waals surface area contributed by atoms with Crippen molar-refractivity contribution in [3.8, 4) is 0 Å². The SMILES string of the molecule is CCNc1cc([N+](=O)[O-])cc(NCc2scnc2C)n1. The second-order valence-electron chi connectivity index (χ2n) is 4.10. The van der Waals surface area contributed by atoms with Gasteiger partial charge in [0.05, 0.1) is 34.8 Å². The van der Waals surface area contributed by atoms with E-state index in [2.05, 4.69) is 20.6 Å². The van der Waals surface area contributed by atoms with Crippen LogP contribution in [0.1, 0.15) is 17.5 Å². The average molecular weight is 293 g/mol. The molecule has 2 aromatic rings. The smallest absolute Gasteiger partial charge is 0.276 e. The van der Waals surface area contributed by atoms with Crippen LogP contribution in [0.2, 0.25) is 0 Å². The quantitative estimate of drug-likeness (QED) is 0.628. The van der Waals surface area contributed by atoms with Gasteiger partial charge in [-0.15, -0.1) is 11.3 Å². The van der Waals surface area contributed by atoms with Crippen molar-refractivity contribution in [3.05, 3.63) is 38.3 Å². The third kappa shape index (κ3) is 3.41. The molecule has 106 valence electrons. The molecule has 0 aliphatic carbocycles. The second kappa shape index (κ2) is 6.29. The standard InChI is InChI=1S/C12H15N5O2S/c1-3-13-11-4-9(17(18)19)5-12(16-11)14-6-10-8(2)15-7-20-10/h4-5,7H,3,6H2,1-2H3,(H2,13,14,16). The first kappa shape index (κ1) is 14.2. The van der Waals surface area contributed by atoms with Crippen LogP contribution in [0, 0.1) is 17.0 Å². The van der Waals surface area contributed by atoms with E-state index in [0.717, 1.165) is 10.6 Å². The van der Waals surface area contributed by atoms with Gasteiger partial charge in [-0.05, 0) is 13.8 Å². The number of aryl methyl sites for hydroxylation is 1. The Balaban J connectivity index is 2.17. The van der Waals surface area contributed by atoms with Crippen LogP contribution in [0.25, 0.3) is 0 Å². The Kier molecular flexibility index (Phi) is 4.46. The molecule has 0 aromatic carbocycles. The monoisotopic (exact) mass is 293 g/mol. The Bertz CT molecular complexity index is 614. The predicted molar refractivity (Wildman–Crippen MR) is 79.2 cm³/mol. The topological polar surface area (TPSA) is 93.0 Å². The summed E-state index contributed by atoms with van der Waals surface area (Å²) in [5.41, 5.74) is 2.75. The summed E-state index contributed by atoms with van der Waals surface area (Å²) in [6, 6.07) is 2.85. The van der Waals surface area contributed by atoms with Gasteiger partial charge in [0.15, 0.2) is 0 Å². The van der Waals surface area contributed by atoms with Crippen molar-refractivity contribution in [1.82, 2.24) is 9.97 Å². The van der Waals surface area contributed by atoms with E-state index in [1.54, 1.807) is 16.8 Å². The zero-order valence-electron chi connectivity index (χ0n) is 11.2. The maximum absolute atomic E-state index is 10.9. The minimum absolute atomic E-state index is 0.0134. The summed E-state index contributed by atoms with van der Waals surface area (Å²) < 4.78 is 0. The Morgan fingerprint density at radius 3 is 2.60 bits per heavy atom. The van der Waals surface area contributed by atoms with Gasteiger partial charge in [-0.3, -0.25) is 10.1 Å². The molecule has 0 bridgehead atoms. The predicted octanol–water partition coefficient (Wildman–Crippen LogP) is 2.80. The van der Waals surface area contributed by atoms with E-state index in [9.17, 15) is 10.1 Å². The van der Waals surface area contributed by atoms with Gasteiger partial charge >= 0.3 is 0 Å². The number of nitro groups is 1. The Labute approximate surface area is 120 Å². The van der Waals surface area contributed by atoms with Gasteiger partial charge in [0.2, 0.25) is 0 Å². The lowest BCUT2D eigenvalue weighted by Gasteiger charge is -2.08. The molecule has 0 saturated carbocycles. The van der Waals surface area contributed by atoms with E-state index in [4.69, 9.17) is 0 Å². The molecule has 0 atom stereocenters. The van der Waals surface area contributed by atoms with E-state index in [-0.39, 0.29) is 5.69 Å². The molecule has 2 rings (SSSR count). The first-order valence-corrected chi connectivity index (χ1v) is 7.01. The summed E-state index contributed by atoms with van der Waals surface area (Å²) in [5, 5.41) is 17.0. The molecule has 8 heteroatoms. The van der Waals surface area contributed by atoms with Crippen molar-refractivity contribution >= 4 is 28.7 Å². The molecule has 2 N–H and O–H groups in total. The highest BCUT2D eigenvalue weighted by atomic mass is 32.1. The number of anilines is 2. The highest BCUT2D eigenvalue weighted by Crippen LogP contribution is 2.22. The molecular formula is C12H15N5O2S. The minimum atomic E-state index is -0.425. The highest BCUT2D eigenvalue weighted by Gasteiger charge is 2.11. The van der Waals surface area contributed by atoms with Crippen molar-refractivity contribution in [2.24, 2.45) is 0 Å². The molecule has 0 amide bonds. The number of hydrogen-bond acceptors (Lipinski definition) is 7. The van der Waals surface area contributed by atoms with E-state index in [0.29, 0.717) is 24.7 Å². The van der Waals surface area contributed by atoms with E-state index in [1.165, 1.54) is 12.1 Å². The third-order valence-electron chi connectivity index (χ3n) is 2.65. The lowest BCUT2D eigenvalue weighted by Crippen LogP contribution is -2.06. The molecule has 0 aliphatic heterocycles. The number of nitrogens with one attached hydrogen (secondary N) is 2. The van der Waals surface area contributed by atoms with Crippen LogP contribution in [-0.4, -0.2) is 21.4 Å². The molecule has 0 saturated heterocycles. The van der Waals surface area contributed by atoms with Crippen LogP contribution in [0.3, 0.4) is 0 Å². The van der Waals surface area contributed by atoms with Crippen molar-refractivity contribution in [2.45, 2.75) is 20.4 Å². The summed E-state index contributed by atoms with van der Waals surface area (Å²) in [7, 11) is 0. The molecule has 0 aliphatic rings. The fourth-order valence-corrected chi connectivity index (χ4v) is 2.37. The van der Waals surface area contributed by atoms with Crippen molar-refractivity contribution in [1.29, 1.82) is 0 Å². The van der Waals surface area contributed by atoms with Gasteiger partial charge in [0.25, 0.3) is 5.69 Å². The number of hydrogen-bond donors (Lipinski definition) is 2. The van der Waals surface area contributed by atoms with Crippen molar-refractivity contribution < 1.29 is 4.92 Å².